The number of carbonyl (C=O) groups excluding carboxylic acids is 1. The van der Waals surface area contributed by atoms with Gasteiger partial charge in [0.05, 0.1) is 29.4 Å². The van der Waals surface area contributed by atoms with Crippen LogP contribution in [0.5, 0.6) is 0 Å². The van der Waals surface area contributed by atoms with E-state index in [2.05, 4.69) is 15.2 Å². The summed E-state index contributed by atoms with van der Waals surface area (Å²) in [5.41, 5.74) is 2.02. The normalized spacial score (nSPS) is 18.0. The van der Waals surface area contributed by atoms with Gasteiger partial charge in [-0.25, -0.2) is 13.4 Å². The first-order valence-corrected chi connectivity index (χ1v) is 13.4. The maximum Gasteiger partial charge on any atom is 0.259 e. The lowest BCUT2D eigenvalue weighted by Gasteiger charge is -2.31. The Balaban J connectivity index is 1.69. The van der Waals surface area contributed by atoms with Crippen molar-refractivity contribution in [1.29, 1.82) is 0 Å². The smallest absolute Gasteiger partial charge is 0.259 e. The summed E-state index contributed by atoms with van der Waals surface area (Å²) >= 11 is 1.43. The van der Waals surface area contributed by atoms with Crippen molar-refractivity contribution < 1.29 is 17.9 Å². The first kappa shape index (κ1) is 23.2. The van der Waals surface area contributed by atoms with Gasteiger partial charge in [0.25, 0.3) is 5.91 Å². The molecule has 0 saturated carbocycles. The second-order valence-electron chi connectivity index (χ2n) is 8.07. The van der Waals surface area contributed by atoms with Crippen LogP contribution in [0.15, 0.2) is 23.1 Å². The average molecular weight is 479 g/mol. The third-order valence-electron chi connectivity index (χ3n) is 5.97. The Morgan fingerprint density at radius 1 is 1.16 bits per heavy atom. The lowest BCUT2D eigenvalue weighted by Crippen LogP contribution is -2.38. The first-order chi connectivity index (χ1) is 15.4. The van der Waals surface area contributed by atoms with Crippen molar-refractivity contribution in [3.8, 4) is 0 Å². The molecule has 1 aromatic heterocycles. The number of nitrogens with zero attached hydrogens (tertiary/aromatic N) is 3. The summed E-state index contributed by atoms with van der Waals surface area (Å²) in [5, 5.41) is 3.42. The van der Waals surface area contributed by atoms with E-state index in [4.69, 9.17) is 4.74 Å². The number of anilines is 2. The van der Waals surface area contributed by atoms with E-state index in [1.807, 2.05) is 13.8 Å². The number of thiazole rings is 1. The Kier molecular flexibility index (Phi) is 7.14. The van der Waals surface area contributed by atoms with Crippen molar-refractivity contribution in [2.45, 2.75) is 44.4 Å². The zero-order chi connectivity index (χ0) is 22.7. The minimum atomic E-state index is -3.65. The molecule has 8 nitrogen and oxygen atoms in total. The fourth-order valence-corrected chi connectivity index (χ4v) is 6.61. The van der Waals surface area contributed by atoms with Gasteiger partial charge in [-0.05, 0) is 44.4 Å². The van der Waals surface area contributed by atoms with E-state index in [9.17, 15) is 13.2 Å². The highest BCUT2D eigenvalue weighted by Crippen LogP contribution is 2.30. The van der Waals surface area contributed by atoms with Gasteiger partial charge >= 0.3 is 0 Å². The number of carbonyl (C=O) groups is 1. The molecule has 10 heteroatoms. The third kappa shape index (κ3) is 4.83. The van der Waals surface area contributed by atoms with Crippen molar-refractivity contribution in [2.24, 2.45) is 0 Å². The fraction of sp³-hybridized carbons (Fsp3) is 0.545. The van der Waals surface area contributed by atoms with Crippen LogP contribution in [0.2, 0.25) is 0 Å². The number of hydrogen-bond acceptors (Lipinski definition) is 7. The van der Waals surface area contributed by atoms with Gasteiger partial charge in [-0.3, -0.25) is 10.1 Å². The number of nitrogens with one attached hydrogen (secondary N) is 1. The molecule has 0 atom stereocenters. The average Bonchev–Trinajstić information content (AvgIpc) is 3.18. The van der Waals surface area contributed by atoms with E-state index in [0.29, 0.717) is 55.8 Å². The van der Waals surface area contributed by atoms with Gasteiger partial charge in [0, 0.05) is 36.7 Å². The Morgan fingerprint density at radius 3 is 2.53 bits per heavy atom. The molecule has 4 rings (SSSR count). The molecule has 2 saturated heterocycles. The number of piperidine rings is 1. The molecule has 0 aliphatic carbocycles. The van der Waals surface area contributed by atoms with E-state index in [0.717, 1.165) is 36.3 Å². The van der Waals surface area contributed by atoms with Gasteiger partial charge in [0.15, 0.2) is 5.13 Å². The third-order valence-corrected chi connectivity index (χ3v) is 8.79. The predicted molar refractivity (Wildman–Crippen MR) is 126 cm³/mol. The van der Waals surface area contributed by atoms with Crippen LogP contribution in [0.3, 0.4) is 0 Å². The summed E-state index contributed by atoms with van der Waals surface area (Å²) in [6.07, 6.45) is 3.56. The summed E-state index contributed by atoms with van der Waals surface area (Å²) in [6.45, 7) is 7.49. The number of morpholine rings is 1. The topological polar surface area (TPSA) is 91.8 Å². The molecule has 0 bridgehead atoms. The van der Waals surface area contributed by atoms with Crippen molar-refractivity contribution >= 4 is 38.1 Å². The molecule has 2 aromatic rings. The van der Waals surface area contributed by atoms with Crippen LogP contribution in [0.4, 0.5) is 10.8 Å². The lowest BCUT2D eigenvalue weighted by atomic mass is 10.1. The molecule has 1 aromatic carbocycles. The first-order valence-electron chi connectivity index (χ1n) is 11.1. The molecular weight excluding hydrogens is 448 g/mol. The van der Waals surface area contributed by atoms with Gasteiger partial charge in [0.1, 0.15) is 0 Å². The van der Waals surface area contributed by atoms with Gasteiger partial charge in [-0.1, -0.05) is 13.3 Å². The number of aryl methyl sites for hydroxylation is 2. The number of hydrogen-bond donors (Lipinski definition) is 1. The zero-order valence-electron chi connectivity index (χ0n) is 18.6. The maximum absolute atomic E-state index is 13.3. The van der Waals surface area contributed by atoms with Crippen molar-refractivity contribution in [3.63, 3.8) is 0 Å². The SMILES string of the molecule is CCc1nc(NC(=O)c2cc(S(=O)(=O)N3CCCCC3)ccc2N2CCOCC2)sc1C. The van der Waals surface area contributed by atoms with E-state index in [-0.39, 0.29) is 10.8 Å². The van der Waals surface area contributed by atoms with Crippen molar-refractivity contribution in [3.05, 3.63) is 34.3 Å². The van der Waals surface area contributed by atoms with Crippen LogP contribution in [-0.2, 0) is 21.2 Å². The molecule has 174 valence electrons. The monoisotopic (exact) mass is 478 g/mol. The number of amides is 1. The molecule has 0 radical (unpaired) electrons. The molecule has 2 aliphatic rings. The summed E-state index contributed by atoms with van der Waals surface area (Å²) in [5.74, 6) is -0.349. The summed E-state index contributed by atoms with van der Waals surface area (Å²) < 4.78 is 33.5. The fourth-order valence-electron chi connectivity index (χ4n) is 4.17. The number of rotatable bonds is 6. The highest BCUT2D eigenvalue weighted by atomic mass is 32.2. The van der Waals surface area contributed by atoms with Crippen LogP contribution in [-0.4, -0.2) is 63.0 Å². The second-order valence-corrected chi connectivity index (χ2v) is 11.2. The van der Waals surface area contributed by atoms with Crippen LogP contribution in [0.1, 0.15) is 47.1 Å². The molecule has 1 N–H and O–H groups in total. The Labute approximate surface area is 193 Å². The van der Waals surface area contributed by atoms with E-state index in [1.165, 1.54) is 21.7 Å². The minimum Gasteiger partial charge on any atom is -0.378 e. The quantitative estimate of drug-likeness (QED) is 0.685. The van der Waals surface area contributed by atoms with Gasteiger partial charge < -0.3 is 9.64 Å². The van der Waals surface area contributed by atoms with E-state index < -0.39 is 10.0 Å². The molecule has 2 fully saturated rings. The standard InChI is InChI=1S/C22H30N4O4S2/c1-3-19-16(2)31-22(23-19)24-21(27)18-15-17(32(28,29)26-9-5-4-6-10-26)7-8-20(18)25-11-13-30-14-12-25/h7-8,15H,3-6,9-14H2,1-2H3,(H,23,24,27). The Hall–Kier alpha value is -2.01. The van der Waals surface area contributed by atoms with E-state index in [1.54, 1.807) is 12.1 Å². The summed E-state index contributed by atoms with van der Waals surface area (Å²) in [6, 6.07) is 4.89. The summed E-state index contributed by atoms with van der Waals surface area (Å²) in [4.78, 5) is 21.1. The molecular formula is C22H30N4O4S2. The molecule has 3 heterocycles. The van der Waals surface area contributed by atoms with Gasteiger partial charge in [-0.2, -0.15) is 4.31 Å². The van der Waals surface area contributed by atoms with E-state index >= 15 is 0 Å². The minimum absolute atomic E-state index is 0.158. The zero-order valence-corrected chi connectivity index (χ0v) is 20.2. The Bertz CT molecular complexity index is 1070. The summed E-state index contributed by atoms with van der Waals surface area (Å²) in [7, 11) is -3.65. The second kappa shape index (κ2) is 9.86. The molecule has 1 amide bonds. The number of aromatic nitrogens is 1. The highest BCUT2D eigenvalue weighted by Gasteiger charge is 2.29. The lowest BCUT2D eigenvalue weighted by molar-refractivity contribution is 0.102. The molecule has 32 heavy (non-hydrogen) atoms. The highest BCUT2D eigenvalue weighted by molar-refractivity contribution is 7.89. The molecule has 2 aliphatic heterocycles. The van der Waals surface area contributed by atoms with Crippen molar-refractivity contribution in [1.82, 2.24) is 9.29 Å². The van der Waals surface area contributed by atoms with Gasteiger partial charge in [0.2, 0.25) is 10.0 Å². The van der Waals surface area contributed by atoms with Gasteiger partial charge in [-0.15, -0.1) is 11.3 Å². The van der Waals surface area contributed by atoms with Crippen LogP contribution in [0, 0.1) is 6.92 Å². The van der Waals surface area contributed by atoms with Crippen molar-refractivity contribution in [2.75, 3.05) is 49.6 Å². The number of sulfonamides is 1. The largest absolute Gasteiger partial charge is 0.378 e. The number of ether oxygens (including phenoxy) is 1. The number of benzene rings is 1. The van der Waals surface area contributed by atoms with Crippen LogP contribution >= 0.6 is 11.3 Å². The predicted octanol–water partition coefficient (Wildman–Crippen LogP) is 3.28. The van der Waals surface area contributed by atoms with Crippen LogP contribution < -0.4 is 10.2 Å². The maximum atomic E-state index is 13.3. The molecule has 0 unspecified atom stereocenters. The Morgan fingerprint density at radius 2 is 1.88 bits per heavy atom. The molecule has 0 spiro atoms. The van der Waals surface area contributed by atoms with Crippen LogP contribution in [0.25, 0.3) is 0 Å².